The van der Waals surface area contributed by atoms with Crippen molar-refractivity contribution >= 4 is 11.3 Å². The fourth-order valence-electron chi connectivity index (χ4n) is 2.03. The Balaban J connectivity index is 2.03. The summed E-state index contributed by atoms with van der Waals surface area (Å²) in [6, 6.07) is 10.4. The average Bonchev–Trinajstić information content (AvgIpc) is 2.93. The van der Waals surface area contributed by atoms with E-state index in [0.717, 1.165) is 18.7 Å². The lowest BCUT2D eigenvalue weighted by Gasteiger charge is -2.17. The van der Waals surface area contributed by atoms with E-state index >= 15 is 0 Å². The molecule has 0 amide bonds. The fourth-order valence-corrected chi connectivity index (χ4v) is 2.69. The van der Waals surface area contributed by atoms with Crippen LogP contribution < -0.4 is 0 Å². The second kappa shape index (κ2) is 7.86. The predicted molar refractivity (Wildman–Crippen MR) is 84.5 cm³/mol. The number of benzene rings is 1. The van der Waals surface area contributed by atoms with Crippen LogP contribution in [0.4, 0.5) is 0 Å². The summed E-state index contributed by atoms with van der Waals surface area (Å²) in [6.45, 7) is 1.94. The van der Waals surface area contributed by atoms with E-state index < -0.39 is 0 Å². The number of nitrogens with zero attached hydrogens (tertiary/aromatic N) is 1. The van der Waals surface area contributed by atoms with E-state index in [2.05, 4.69) is 46.7 Å². The summed E-state index contributed by atoms with van der Waals surface area (Å²) in [7, 11) is 2.12. The van der Waals surface area contributed by atoms with Crippen molar-refractivity contribution in [2.24, 2.45) is 0 Å². The van der Waals surface area contributed by atoms with E-state index in [0.29, 0.717) is 6.42 Å². The Hall–Kier alpha value is -1.60. The van der Waals surface area contributed by atoms with E-state index in [1.165, 1.54) is 11.1 Å². The maximum absolute atomic E-state index is 8.79. The standard InChI is InChI=1S/C17H19NOS/c1-18(12-15-9-11-20-14-15)13-17-8-3-2-6-16(17)7-4-5-10-19/h2-3,6,8-9,11,14,19H,5,10,12-13H2,1H3. The van der Waals surface area contributed by atoms with Crippen LogP contribution in [-0.2, 0) is 13.1 Å². The van der Waals surface area contributed by atoms with Gasteiger partial charge in [0.05, 0.1) is 6.61 Å². The van der Waals surface area contributed by atoms with Crippen molar-refractivity contribution in [3.05, 3.63) is 57.8 Å². The maximum atomic E-state index is 8.79. The monoisotopic (exact) mass is 285 g/mol. The lowest BCUT2D eigenvalue weighted by Crippen LogP contribution is -2.17. The number of aliphatic hydroxyl groups excluding tert-OH is 1. The molecule has 2 rings (SSSR count). The first-order chi connectivity index (χ1) is 9.79. The van der Waals surface area contributed by atoms with Crippen molar-refractivity contribution < 1.29 is 5.11 Å². The van der Waals surface area contributed by atoms with Crippen LogP contribution in [0.25, 0.3) is 0 Å². The van der Waals surface area contributed by atoms with Crippen molar-refractivity contribution in [1.29, 1.82) is 0 Å². The third-order valence-electron chi connectivity index (χ3n) is 2.95. The third kappa shape index (κ3) is 4.50. The van der Waals surface area contributed by atoms with Crippen LogP contribution in [0.5, 0.6) is 0 Å². The highest BCUT2D eigenvalue weighted by molar-refractivity contribution is 7.07. The van der Waals surface area contributed by atoms with Gasteiger partial charge in [-0.1, -0.05) is 30.0 Å². The summed E-state index contributed by atoms with van der Waals surface area (Å²) >= 11 is 1.73. The molecule has 0 fully saturated rings. The molecule has 1 heterocycles. The van der Waals surface area contributed by atoms with E-state index in [1.807, 2.05) is 18.2 Å². The lowest BCUT2D eigenvalue weighted by atomic mass is 10.1. The first kappa shape index (κ1) is 14.8. The van der Waals surface area contributed by atoms with Crippen LogP contribution in [0, 0.1) is 11.8 Å². The quantitative estimate of drug-likeness (QED) is 0.853. The molecule has 0 aliphatic carbocycles. The molecule has 0 aliphatic rings. The summed E-state index contributed by atoms with van der Waals surface area (Å²) in [5, 5.41) is 13.1. The summed E-state index contributed by atoms with van der Waals surface area (Å²) in [6.07, 6.45) is 0.527. The molecule has 0 atom stereocenters. The smallest absolute Gasteiger partial charge is 0.0540 e. The van der Waals surface area contributed by atoms with Crippen molar-refractivity contribution in [2.75, 3.05) is 13.7 Å². The molecule has 104 valence electrons. The van der Waals surface area contributed by atoms with E-state index in [-0.39, 0.29) is 6.61 Å². The van der Waals surface area contributed by atoms with Crippen molar-refractivity contribution in [2.45, 2.75) is 19.5 Å². The Morgan fingerprint density at radius 1 is 1.20 bits per heavy atom. The van der Waals surface area contributed by atoms with E-state index in [9.17, 15) is 0 Å². The molecule has 20 heavy (non-hydrogen) atoms. The average molecular weight is 285 g/mol. The molecule has 3 heteroatoms. The van der Waals surface area contributed by atoms with Gasteiger partial charge in [0.25, 0.3) is 0 Å². The fraction of sp³-hybridized carbons (Fsp3) is 0.294. The Kier molecular flexibility index (Phi) is 5.82. The predicted octanol–water partition coefficient (Wildman–Crippen LogP) is 3.11. The number of aliphatic hydroxyl groups is 1. The second-order valence-corrected chi connectivity index (χ2v) is 5.52. The van der Waals surface area contributed by atoms with Crippen LogP contribution in [-0.4, -0.2) is 23.7 Å². The number of thiophene rings is 1. The lowest BCUT2D eigenvalue weighted by molar-refractivity contribution is 0.305. The van der Waals surface area contributed by atoms with Gasteiger partial charge in [-0.05, 0) is 41.1 Å². The highest BCUT2D eigenvalue weighted by Gasteiger charge is 2.05. The van der Waals surface area contributed by atoms with Gasteiger partial charge >= 0.3 is 0 Å². The van der Waals surface area contributed by atoms with Crippen LogP contribution in [0.3, 0.4) is 0 Å². The van der Waals surface area contributed by atoms with Crippen molar-refractivity contribution in [3.63, 3.8) is 0 Å². The van der Waals surface area contributed by atoms with E-state index in [1.54, 1.807) is 11.3 Å². The van der Waals surface area contributed by atoms with Gasteiger partial charge in [-0.3, -0.25) is 4.90 Å². The van der Waals surface area contributed by atoms with Crippen LogP contribution in [0.1, 0.15) is 23.1 Å². The summed E-state index contributed by atoms with van der Waals surface area (Å²) in [4.78, 5) is 2.29. The Morgan fingerprint density at radius 2 is 2.05 bits per heavy atom. The molecule has 1 aromatic carbocycles. The number of hydrogen-bond donors (Lipinski definition) is 1. The van der Waals surface area contributed by atoms with Crippen LogP contribution in [0.15, 0.2) is 41.1 Å². The third-order valence-corrected chi connectivity index (χ3v) is 3.68. The Labute approximate surface area is 124 Å². The van der Waals surface area contributed by atoms with Gasteiger partial charge in [0.1, 0.15) is 0 Å². The zero-order chi connectivity index (χ0) is 14.2. The molecular formula is C17H19NOS. The molecule has 0 saturated heterocycles. The van der Waals surface area contributed by atoms with Gasteiger partial charge in [0.2, 0.25) is 0 Å². The molecule has 0 aliphatic heterocycles. The van der Waals surface area contributed by atoms with Crippen LogP contribution in [0.2, 0.25) is 0 Å². The maximum Gasteiger partial charge on any atom is 0.0540 e. The topological polar surface area (TPSA) is 23.5 Å². The summed E-state index contributed by atoms with van der Waals surface area (Å²) in [5.74, 6) is 6.14. The van der Waals surface area contributed by atoms with Gasteiger partial charge in [-0.2, -0.15) is 11.3 Å². The van der Waals surface area contributed by atoms with Crippen LogP contribution >= 0.6 is 11.3 Å². The molecule has 0 saturated carbocycles. The van der Waals surface area contributed by atoms with Gasteiger partial charge in [0, 0.05) is 25.1 Å². The molecule has 0 bridgehead atoms. The minimum atomic E-state index is 0.118. The normalized spacial score (nSPS) is 10.3. The van der Waals surface area contributed by atoms with Gasteiger partial charge < -0.3 is 5.11 Å². The SMILES string of the molecule is CN(Cc1ccsc1)Cc1ccccc1C#CCCO. The minimum Gasteiger partial charge on any atom is -0.395 e. The molecule has 0 unspecified atom stereocenters. The van der Waals surface area contributed by atoms with Gasteiger partial charge in [0.15, 0.2) is 0 Å². The number of rotatable bonds is 5. The number of hydrogen-bond acceptors (Lipinski definition) is 3. The van der Waals surface area contributed by atoms with Crippen molar-refractivity contribution in [3.8, 4) is 11.8 Å². The minimum absolute atomic E-state index is 0.118. The molecular weight excluding hydrogens is 266 g/mol. The largest absolute Gasteiger partial charge is 0.395 e. The second-order valence-electron chi connectivity index (χ2n) is 4.74. The van der Waals surface area contributed by atoms with E-state index in [4.69, 9.17) is 5.11 Å². The van der Waals surface area contributed by atoms with Gasteiger partial charge in [-0.15, -0.1) is 0 Å². The first-order valence-electron chi connectivity index (χ1n) is 6.67. The van der Waals surface area contributed by atoms with Gasteiger partial charge in [-0.25, -0.2) is 0 Å². The first-order valence-corrected chi connectivity index (χ1v) is 7.61. The summed E-state index contributed by atoms with van der Waals surface area (Å²) in [5.41, 5.74) is 3.63. The molecule has 1 N–H and O–H groups in total. The zero-order valence-electron chi connectivity index (χ0n) is 11.7. The summed E-state index contributed by atoms with van der Waals surface area (Å²) < 4.78 is 0. The highest BCUT2D eigenvalue weighted by atomic mass is 32.1. The Bertz CT molecular complexity index is 581. The van der Waals surface area contributed by atoms with Crippen molar-refractivity contribution in [1.82, 2.24) is 4.90 Å². The Morgan fingerprint density at radius 3 is 2.80 bits per heavy atom. The molecule has 1 aromatic heterocycles. The molecule has 2 nitrogen and oxygen atoms in total. The zero-order valence-corrected chi connectivity index (χ0v) is 12.5. The molecule has 0 radical (unpaired) electrons. The molecule has 2 aromatic rings. The highest BCUT2D eigenvalue weighted by Crippen LogP contribution is 2.13. The molecule has 0 spiro atoms.